The number of alkyl halides is 19. The van der Waals surface area contributed by atoms with Crippen LogP contribution in [0.1, 0.15) is 6.42 Å². The Bertz CT molecular complexity index is 1060. The molecule has 0 saturated heterocycles. The average Bonchev–Trinajstić information content (AvgIpc) is 3.07. The molecule has 332 valence electrons. The Balaban J connectivity index is 6.78. The SMILES string of the molecule is COCCOCCO[Si](CCC(F)(F)C(F)(F)C(F)(F)C(F)(F)C(F)(F)C(F)(F)C(F)(F)C(F)(F)C(F)(F)F)(OCCOCCOC)OCCOCCOC. The van der Waals surface area contributed by atoms with Crippen LogP contribution in [0, 0.1) is 0 Å². The highest BCUT2D eigenvalue weighted by atomic mass is 28.4. The average molecular weight is 883 g/mol. The van der Waals surface area contributed by atoms with Crippen molar-refractivity contribution in [3.63, 3.8) is 0 Å². The third-order valence-electron chi connectivity index (χ3n) is 6.87. The molecule has 0 fully saturated rings. The summed E-state index contributed by atoms with van der Waals surface area (Å²) in [5.41, 5.74) is 0. The zero-order valence-corrected chi connectivity index (χ0v) is 29.8. The van der Waals surface area contributed by atoms with Gasteiger partial charge in [-0.05, 0) is 0 Å². The molecule has 0 bridgehead atoms. The molecular weight excluding hydrogens is 845 g/mol. The molecule has 9 nitrogen and oxygen atoms in total. The molecule has 0 amide bonds. The van der Waals surface area contributed by atoms with Gasteiger partial charge in [0, 0.05) is 33.8 Å². The van der Waals surface area contributed by atoms with Gasteiger partial charge < -0.3 is 41.7 Å². The van der Waals surface area contributed by atoms with Crippen molar-refractivity contribution < 1.29 is 125 Å². The molecule has 0 saturated carbocycles. The summed E-state index contributed by atoms with van der Waals surface area (Å²) in [5.74, 6) is -67.5. The van der Waals surface area contributed by atoms with Gasteiger partial charge in [-0.15, -0.1) is 0 Å². The van der Waals surface area contributed by atoms with E-state index in [1.54, 1.807) is 0 Å². The van der Waals surface area contributed by atoms with Crippen LogP contribution in [-0.2, 0) is 41.7 Å². The molecule has 55 heavy (non-hydrogen) atoms. The molecule has 0 unspecified atom stereocenters. The Labute approximate surface area is 301 Å². The lowest BCUT2D eigenvalue weighted by molar-refractivity contribution is -0.468. The fraction of sp³-hybridized carbons (Fsp3) is 1.00. The van der Waals surface area contributed by atoms with Crippen LogP contribution in [0.2, 0.25) is 6.04 Å². The van der Waals surface area contributed by atoms with Crippen molar-refractivity contribution in [1.82, 2.24) is 0 Å². The van der Waals surface area contributed by atoms with E-state index >= 15 is 0 Å². The summed E-state index contributed by atoms with van der Waals surface area (Å²) in [5, 5.41) is 0. The summed E-state index contributed by atoms with van der Waals surface area (Å²) in [4.78, 5) is 0. The van der Waals surface area contributed by atoms with Crippen LogP contribution in [0.5, 0.6) is 0 Å². The molecule has 0 radical (unpaired) electrons. The largest absolute Gasteiger partial charge is 0.501 e. The first-order valence-corrected chi connectivity index (χ1v) is 17.0. The fourth-order valence-corrected chi connectivity index (χ4v) is 6.19. The fourth-order valence-electron chi connectivity index (χ4n) is 3.70. The van der Waals surface area contributed by atoms with Crippen molar-refractivity contribution in [1.29, 1.82) is 0 Å². The van der Waals surface area contributed by atoms with Gasteiger partial charge >= 0.3 is 62.4 Å². The molecule has 0 spiro atoms. The summed E-state index contributed by atoms with van der Waals surface area (Å²) in [6.07, 6.45) is -10.9. The Kier molecular flexibility index (Phi) is 20.4. The van der Waals surface area contributed by atoms with E-state index in [-0.39, 0.29) is 39.6 Å². The Morgan fingerprint density at radius 3 is 0.855 bits per heavy atom. The second-order valence-electron chi connectivity index (χ2n) is 10.8. The summed E-state index contributed by atoms with van der Waals surface area (Å²) in [6.45, 7) is -4.07. The molecule has 0 aromatic heterocycles. The summed E-state index contributed by atoms with van der Waals surface area (Å²) >= 11 is 0. The van der Waals surface area contributed by atoms with Gasteiger partial charge in [0.25, 0.3) is 0 Å². The first kappa shape index (κ1) is 53.5. The van der Waals surface area contributed by atoms with Crippen molar-refractivity contribution in [2.24, 2.45) is 0 Å². The third kappa shape index (κ3) is 12.3. The van der Waals surface area contributed by atoms with Gasteiger partial charge in [-0.25, -0.2) is 0 Å². The van der Waals surface area contributed by atoms with Crippen LogP contribution in [0.15, 0.2) is 0 Å². The van der Waals surface area contributed by atoms with Crippen molar-refractivity contribution in [3.8, 4) is 0 Å². The van der Waals surface area contributed by atoms with Gasteiger partial charge in [0.05, 0.1) is 79.3 Å². The number of ether oxygens (including phenoxy) is 6. The third-order valence-corrected chi connectivity index (χ3v) is 9.67. The maximum absolute atomic E-state index is 14.9. The van der Waals surface area contributed by atoms with E-state index in [0.29, 0.717) is 0 Å². The molecule has 0 heterocycles. The molecule has 0 N–H and O–H groups in total. The molecule has 0 atom stereocenters. The minimum absolute atomic E-state index is 0.0132. The van der Waals surface area contributed by atoms with E-state index in [2.05, 4.69) is 0 Å². The maximum atomic E-state index is 14.9. The topological polar surface area (TPSA) is 83.1 Å². The van der Waals surface area contributed by atoms with E-state index in [1.165, 1.54) is 21.3 Å². The minimum Gasteiger partial charge on any atom is -0.382 e. The lowest BCUT2D eigenvalue weighted by Crippen LogP contribution is -2.75. The zero-order chi connectivity index (χ0) is 43.3. The van der Waals surface area contributed by atoms with Crippen LogP contribution in [-0.4, -0.2) is 163 Å². The quantitative estimate of drug-likeness (QED) is 0.0416. The Hall–Kier alpha value is -1.47. The van der Waals surface area contributed by atoms with Gasteiger partial charge in [-0.1, -0.05) is 0 Å². The van der Waals surface area contributed by atoms with E-state index < -0.39 is 114 Å². The highest BCUT2D eigenvalue weighted by molar-refractivity contribution is 6.60. The van der Waals surface area contributed by atoms with E-state index in [0.717, 1.165) is 0 Å². The first-order valence-electron chi connectivity index (χ1n) is 15.1. The predicted molar refractivity (Wildman–Crippen MR) is 147 cm³/mol. The predicted octanol–water partition coefficient (Wildman–Crippen LogP) is 7.00. The van der Waals surface area contributed by atoms with Crippen LogP contribution < -0.4 is 0 Å². The molecule has 0 aromatic carbocycles. The van der Waals surface area contributed by atoms with Gasteiger partial charge in [0.15, 0.2) is 0 Å². The van der Waals surface area contributed by atoms with E-state index in [4.69, 9.17) is 41.7 Å². The lowest BCUT2D eigenvalue weighted by atomic mass is 9.87. The van der Waals surface area contributed by atoms with Crippen LogP contribution in [0.3, 0.4) is 0 Å². The minimum atomic E-state index is -9.02. The van der Waals surface area contributed by atoms with Crippen molar-refractivity contribution in [2.45, 2.75) is 66.0 Å². The smallest absolute Gasteiger partial charge is 0.382 e. The zero-order valence-electron chi connectivity index (χ0n) is 28.8. The van der Waals surface area contributed by atoms with Gasteiger partial charge in [-0.2, -0.15) is 83.4 Å². The van der Waals surface area contributed by atoms with Crippen molar-refractivity contribution in [3.05, 3.63) is 0 Å². The summed E-state index contributed by atoms with van der Waals surface area (Å²) < 4.78 is 308. The number of hydrogen-bond acceptors (Lipinski definition) is 9. The highest BCUT2D eigenvalue weighted by Gasteiger charge is 2.96. The van der Waals surface area contributed by atoms with Crippen LogP contribution >= 0.6 is 0 Å². The number of methoxy groups -OCH3 is 3. The number of halogens is 19. The number of hydrogen-bond donors (Lipinski definition) is 0. The normalized spacial score (nSPS) is 14.9. The second-order valence-corrected chi connectivity index (χ2v) is 13.5. The number of rotatable bonds is 31. The lowest BCUT2D eigenvalue weighted by Gasteiger charge is -2.44. The molecule has 0 aliphatic carbocycles. The molecule has 0 aliphatic heterocycles. The van der Waals surface area contributed by atoms with Crippen LogP contribution in [0.25, 0.3) is 0 Å². The summed E-state index contributed by atoms with van der Waals surface area (Å²) in [6, 6.07) is -1.84. The van der Waals surface area contributed by atoms with E-state index in [9.17, 15) is 83.4 Å². The Morgan fingerprint density at radius 1 is 0.327 bits per heavy atom. The highest BCUT2D eigenvalue weighted by Crippen LogP contribution is 2.65. The van der Waals surface area contributed by atoms with Crippen molar-refractivity contribution >= 4 is 8.80 Å². The molecular formula is C26H37F19O9Si. The van der Waals surface area contributed by atoms with Crippen molar-refractivity contribution in [2.75, 3.05) is 101 Å². The molecule has 0 aliphatic rings. The van der Waals surface area contributed by atoms with Gasteiger partial charge in [-0.3, -0.25) is 0 Å². The molecule has 29 heteroatoms. The second kappa shape index (κ2) is 21.0. The monoisotopic (exact) mass is 882 g/mol. The standard InChI is InChI=1S/C26H37F19O9Si/c1-46-5-8-49-11-14-52-55(53-15-12-50-9-6-47-2,54-16-13-51-10-7-48-3)17-4-18(27,28)19(29,30)20(31,32)21(33,34)22(35,36)23(37,38)24(39,40)25(41,42)26(43,44)45/h4-17H2,1-3H3. The first-order chi connectivity index (χ1) is 24.9. The Morgan fingerprint density at radius 2 is 0.582 bits per heavy atom. The van der Waals surface area contributed by atoms with Gasteiger partial charge in [0.1, 0.15) is 0 Å². The van der Waals surface area contributed by atoms with Gasteiger partial charge in [0.2, 0.25) is 0 Å². The molecule has 0 rings (SSSR count). The maximum Gasteiger partial charge on any atom is 0.501 e. The van der Waals surface area contributed by atoms with E-state index in [1.807, 2.05) is 0 Å². The van der Waals surface area contributed by atoms with Crippen LogP contribution in [0.4, 0.5) is 83.4 Å². The summed E-state index contributed by atoms with van der Waals surface area (Å²) in [7, 11) is -1.29. The molecule has 0 aromatic rings.